The molecule has 0 atom stereocenters. The first-order chi connectivity index (χ1) is 12.6. The van der Waals surface area contributed by atoms with Gasteiger partial charge in [0.25, 0.3) is 0 Å². The number of halogens is 2. The van der Waals surface area contributed by atoms with Crippen molar-refractivity contribution in [1.82, 2.24) is 20.0 Å². The van der Waals surface area contributed by atoms with Crippen molar-refractivity contribution >= 4 is 11.7 Å². The highest BCUT2D eigenvalue weighted by atomic mass is 19.2. The van der Waals surface area contributed by atoms with Gasteiger partial charge in [-0.1, -0.05) is 0 Å². The smallest absolute Gasteiger partial charge is 0.320 e. The predicted octanol–water partition coefficient (Wildman–Crippen LogP) is 2.69. The minimum Gasteiger partial charge on any atom is -0.366 e. The number of likely N-dealkylation sites (tertiary alicyclic amines) is 1. The number of nitrogens with one attached hydrogen (secondary N) is 1. The Hall–Kier alpha value is -2.64. The number of piperazine rings is 1. The van der Waals surface area contributed by atoms with E-state index in [0.29, 0.717) is 31.7 Å². The van der Waals surface area contributed by atoms with Crippen molar-refractivity contribution in [1.29, 1.82) is 0 Å². The molecule has 0 aliphatic carbocycles. The molecule has 2 fully saturated rings. The van der Waals surface area contributed by atoms with Gasteiger partial charge in [0.05, 0.1) is 11.9 Å². The summed E-state index contributed by atoms with van der Waals surface area (Å²) in [4.78, 5) is 17.9. The molecule has 26 heavy (non-hydrogen) atoms. The zero-order chi connectivity index (χ0) is 18.1. The first-order valence-electron chi connectivity index (χ1n) is 8.91. The summed E-state index contributed by atoms with van der Waals surface area (Å²) in [5, 5.41) is 6.37. The molecule has 0 saturated carbocycles. The Labute approximate surface area is 150 Å². The predicted molar refractivity (Wildman–Crippen MR) is 93.9 cm³/mol. The summed E-state index contributed by atoms with van der Waals surface area (Å²) in [5.74, 6) is -1.73. The molecule has 1 N–H and O–H groups in total. The van der Waals surface area contributed by atoms with Crippen molar-refractivity contribution in [2.45, 2.75) is 12.8 Å². The lowest BCUT2D eigenvalue weighted by Crippen LogP contribution is -2.52. The summed E-state index contributed by atoms with van der Waals surface area (Å²) < 4.78 is 29.1. The number of benzene rings is 1. The lowest BCUT2D eigenvalue weighted by Gasteiger charge is -2.37. The molecule has 0 radical (unpaired) electrons. The lowest BCUT2D eigenvalue weighted by molar-refractivity contribution is 0.159. The molecular weight excluding hydrogens is 340 g/mol. The van der Waals surface area contributed by atoms with Crippen molar-refractivity contribution in [3.8, 4) is 11.1 Å². The molecule has 2 saturated heterocycles. The van der Waals surface area contributed by atoms with Crippen LogP contribution >= 0.6 is 0 Å². The summed E-state index contributed by atoms with van der Waals surface area (Å²) in [5.41, 5.74) is 0.930. The Kier molecular flexibility index (Phi) is 4.48. The molecule has 2 aliphatic rings. The summed E-state index contributed by atoms with van der Waals surface area (Å²) >= 11 is 0. The molecule has 2 aromatic rings. The highest BCUT2D eigenvalue weighted by Crippen LogP contribution is 2.30. The Bertz CT molecular complexity index is 781. The molecule has 0 unspecified atom stereocenters. The minimum absolute atomic E-state index is 0.0594. The third-order valence-corrected chi connectivity index (χ3v) is 5.14. The molecular formula is C18H21F2N5O. The maximum Gasteiger partial charge on any atom is 0.320 e. The van der Waals surface area contributed by atoms with E-state index >= 15 is 0 Å². The second-order valence-electron chi connectivity index (χ2n) is 6.70. The van der Waals surface area contributed by atoms with Crippen molar-refractivity contribution in [3.05, 3.63) is 36.2 Å². The molecule has 2 aliphatic heterocycles. The van der Waals surface area contributed by atoms with Crippen LogP contribution in [0.4, 0.5) is 19.3 Å². The number of anilines is 1. The summed E-state index contributed by atoms with van der Waals surface area (Å²) in [6, 6.07) is 3.23. The van der Waals surface area contributed by atoms with Gasteiger partial charge in [0.15, 0.2) is 11.6 Å². The molecule has 0 spiro atoms. The van der Waals surface area contributed by atoms with Crippen LogP contribution in [0.5, 0.6) is 0 Å². The maximum absolute atomic E-state index is 14.6. The molecule has 1 aromatic heterocycles. The summed E-state index contributed by atoms with van der Waals surface area (Å²) in [7, 11) is 0. The van der Waals surface area contributed by atoms with Crippen LogP contribution in [0.25, 0.3) is 11.1 Å². The van der Waals surface area contributed by atoms with Crippen molar-refractivity contribution in [2.24, 2.45) is 0 Å². The fraction of sp³-hybridized carbons (Fsp3) is 0.444. The number of carbonyl (C=O) groups is 1. The van der Waals surface area contributed by atoms with Gasteiger partial charge in [0.1, 0.15) is 0 Å². The number of urea groups is 1. The van der Waals surface area contributed by atoms with Gasteiger partial charge in [-0.3, -0.25) is 5.10 Å². The van der Waals surface area contributed by atoms with Gasteiger partial charge in [-0.15, -0.1) is 0 Å². The minimum atomic E-state index is -0.875. The fourth-order valence-corrected chi connectivity index (χ4v) is 3.65. The topological polar surface area (TPSA) is 55.5 Å². The molecule has 2 amide bonds. The van der Waals surface area contributed by atoms with Crippen LogP contribution in [0, 0.1) is 11.6 Å². The van der Waals surface area contributed by atoms with E-state index < -0.39 is 11.6 Å². The van der Waals surface area contributed by atoms with Gasteiger partial charge in [-0.2, -0.15) is 5.10 Å². The van der Waals surface area contributed by atoms with Gasteiger partial charge >= 0.3 is 6.03 Å². The molecule has 138 valence electrons. The quantitative estimate of drug-likeness (QED) is 0.895. The number of H-pyrrole nitrogens is 1. The maximum atomic E-state index is 14.6. The SMILES string of the molecule is O=C(N1CCCC1)N1CCN(c2ccc(-c3cn[nH]c3)c(F)c2F)CC1. The van der Waals surface area contributed by atoms with Crippen molar-refractivity contribution < 1.29 is 13.6 Å². The standard InChI is InChI=1S/C18H21F2N5O/c19-16-14(13-11-21-22-12-13)3-4-15(17(16)20)23-7-9-25(10-8-23)18(26)24-5-1-2-6-24/h3-4,11-12H,1-2,5-10H2,(H,21,22). The van der Waals surface area contributed by atoms with Crippen LogP contribution in [0.2, 0.25) is 0 Å². The first kappa shape index (κ1) is 16.8. The molecule has 8 heteroatoms. The number of rotatable bonds is 2. The van der Waals surface area contributed by atoms with Crippen LogP contribution in [0.15, 0.2) is 24.5 Å². The molecule has 6 nitrogen and oxygen atoms in total. The normalized spacial score (nSPS) is 17.8. The van der Waals surface area contributed by atoms with E-state index in [9.17, 15) is 13.6 Å². The first-order valence-corrected chi connectivity index (χ1v) is 8.91. The number of amides is 2. The van der Waals surface area contributed by atoms with E-state index in [4.69, 9.17) is 0 Å². The zero-order valence-corrected chi connectivity index (χ0v) is 14.4. The summed E-state index contributed by atoms with van der Waals surface area (Å²) in [6.45, 7) is 3.63. The van der Waals surface area contributed by atoms with Crippen LogP contribution in [0.3, 0.4) is 0 Å². The Morgan fingerprint density at radius 1 is 0.962 bits per heavy atom. The van der Waals surface area contributed by atoms with Crippen LogP contribution in [-0.2, 0) is 0 Å². The molecule has 0 bridgehead atoms. The van der Waals surface area contributed by atoms with Gasteiger partial charge in [-0.05, 0) is 25.0 Å². The number of aromatic amines is 1. The van der Waals surface area contributed by atoms with E-state index in [2.05, 4.69) is 10.2 Å². The highest BCUT2D eigenvalue weighted by Gasteiger charge is 2.28. The van der Waals surface area contributed by atoms with Gasteiger partial charge in [0, 0.05) is 56.6 Å². The molecule has 1 aromatic carbocycles. The highest BCUT2D eigenvalue weighted by molar-refractivity contribution is 5.75. The van der Waals surface area contributed by atoms with Crippen molar-refractivity contribution in [2.75, 3.05) is 44.2 Å². The summed E-state index contributed by atoms with van der Waals surface area (Å²) in [6.07, 6.45) is 5.10. The average molecular weight is 361 g/mol. The van der Waals surface area contributed by atoms with E-state index in [1.54, 1.807) is 21.9 Å². The Morgan fingerprint density at radius 2 is 1.65 bits per heavy atom. The lowest BCUT2D eigenvalue weighted by atomic mass is 10.1. The number of aromatic nitrogens is 2. The number of nitrogens with zero attached hydrogens (tertiary/aromatic N) is 4. The van der Waals surface area contributed by atoms with Gasteiger partial charge < -0.3 is 14.7 Å². The van der Waals surface area contributed by atoms with E-state index in [-0.39, 0.29) is 17.3 Å². The Balaban J connectivity index is 1.46. The van der Waals surface area contributed by atoms with E-state index in [1.807, 2.05) is 4.90 Å². The largest absolute Gasteiger partial charge is 0.366 e. The number of carbonyl (C=O) groups excluding carboxylic acids is 1. The zero-order valence-electron chi connectivity index (χ0n) is 14.4. The number of hydrogen-bond donors (Lipinski definition) is 1. The third-order valence-electron chi connectivity index (χ3n) is 5.14. The Morgan fingerprint density at radius 3 is 2.31 bits per heavy atom. The van der Waals surface area contributed by atoms with Gasteiger partial charge in [-0.25, -0.2) is 13.6 Å². The van der Waals surface area contributed by atoms with E-state index in [0.717, 1.165) is 25.9 Å². The van der Waals surface area contributed by atoms with Crippen molar-refractivity contribution in [3.63, 3.8) is 0 Å². The molecule has 4 rings (SSSR count). The van der Waals surface area contributed by atoms with Crippen LogP contribution in [0.1, 0.15) is 12.8 Å². The number of hydrogen-bond acceptors (Lipinski definition) is 3. The second-order valence-corrected chi connectivity index (χ2v) is 6.70. The van der Waals surface area contributed by atoms with Crippen LogP contribution in [-0.4, -0.2) is 65.3 Å². The average Bonchev–Trinajstić information content (AvgIpc) is 3.37. The van der Waals surface area contributed by atoms with E-state index in [1.165, 1.54) is 12.4 Å². The monoisotopic (exact) mass is 361 g/mol. The van der Waals surface area contributed by atoms with Gasteiger partial charge in [0.2, 0.25) is 0 Å². The third kappa shape index (κ3) is 3.00. The molecule has 3 heterocycles. The second kappa shape index (κ2) is 6.93. The fourth-order valence-electron chi connectivity index (χ4n) is 3.65. The van der Waals surface area contributed by atoms with Crippen LogP contribution < -0.4 is 4.90 Å².